The first-order chi connectivity index (χ1) is 10.1. The van der Waals surface area contributed by atoms with Crippen LogP contribution in [0.3, 0.4) is 0 Å². The van der Waals surface area contributed by atoms with Crippen molar-refractivity contribution in [1.82, 2.24) is 15.0 Å². The molecular weight excluding hydrogens is 348 g/mol. The molecule has 2 aromatic heterocycles. The highest BCUT2D eigenvalue weighted by Crippen LogP contribution is 2.31. The third-order valence-electron chi connectivity index (χ3n) is 2.72. The maximum absolute atomic E-state index is 4.63. The molecule has 0 aliphatic carbocycles. The summed E-state index contributed by atoms with van der Waals surface area (Å²) in [5, 5.41) is 5.15. The average Bonchev–Trinajstić information content (AvgIpc) is 2.47. The number of pyridine rings is 1. The van der Waals surface area contributed by atoms with Crippen LogP contribution < -0.4 is 5.32 Å². The largest absolute Gasteiger partial charge is 0.370 e. The number of rotatable bonds is 6. The fourth-order valence-corrected chi connectivity index (χ4v) is 2.93. The van der Waals surface area contributed by atoms with Crippen LogP contribution in [-0.2, 0) is 0 Å². The van der Waals surface area contributed by atoms with Gasteiger partial charge in [0.05, 0.1) is 4.47 Å². The average molecular weight is 367 g/mol. The van der Waals surface area contributed by atoms with Gasteiger partial charge >= 0.3 is 0 Å². The zero-order valence-electron chi connectivity index (χ0n) is 12.4. The Hall–Kier alpha value is -1.14. The Balaban J connectivity index is 2.29. The lowest BCUT2D eigenvalue weighted by molar-refractivity contribution is 0.753. The van der Waals surface area contributed by atoms with Crippen LogP contribution in [0.5, 0.6) is 0 Å². The summed E-state index contributed by atoms with van der Waals surface area (Å²) < 4.78 is 0.975. The summed E-state index contributed by atoms with van der Waals surface area (Å²) in [5.41, 5.74) is 0. The number of nitrogens with one attached hydrogen (secondary N) is 1. The van der Waals surface area contributed by atoms with Gasteiger partial charge in [-0.1, -0.05) is 20.8 Å². The summed E-state index contributed by atoms with van der Waals surface area (Å²) >= 11 is 5.06. The van der Waals surface area contributed by atoms with Crippen molar-refractivity contribution in [2.75, 3.05) is 11.9 Å². The molecule has 0 saturated carbocycles. The van der Waals surface area contributed by atoms with E-state index in [1.807, 2.05) is 18.2 Å². The number of halogens is 1. The Morgan fingerprint density at radius 3 is 2.81 bits per heavy atom. The zero-order chi connectivity index (χ0) is 15.2. The zero-order valence-corrected chi connectivity index (χ0v) is 14.8. The molecule has 0 amide bonds. The van der Waals surface area contributed by atoms with Crippen molar-refractivity contribution in [3.8, 4) is 0 Å². The van der Waals surface area contributed by atoms with Gasteiger partial charge in [0, 0.05) is 24.7 Å². The molecule has 6 heteroatoms. The fourth-order valence-electron chi connectivity index (χ4n) is 1.64. The maximum atomic E-state index is 4.63. The van der Waals surface area contributed by atoms with Crippen molar-refractivity contribution >= 4 is 33.5 Å². The summed E-state index contributed by atoms with van der Waals surface area (Å²) in [6.45, 7) is 7.25. The molecule has 4 nitrogen and oxygen atoms in total. The molecule has 2 rings (SSSR count). The highest BCUT2D eigenvalue weighted by atomic mass is 79.9. The molecular formula is C15H19BrN4S. The Bertz CT molecular complexity index is 604. The van der Waals surface area contributed by atoms with E-state index >= 15 is 0 Å². The topological polar surface area (TPSA) is 50.7 Å². The molecule has 0 atom stereocenters. The molecule has 21 heavy (non-hydrogen) atoms. The Labute approximate surface area is 138 Å². The first-order valence-corrected chi connectivity index (χ1v) is 8.62. The van der Waals surface area contributed by atoms with E-state index in [0.29, 0.717) is 5.92 Å². The van der Waals surface area contributed by atoms with E-state index in [1.54, 1.807) is 18.0 Å². The first kappa shape index (κ1) is 16.2. The molecule has 0 aliphatic heterocycles. The Morgan fingerprint density at radius 2 is 2.14 bits per heavy atom. The lowest BCUT2D eigenvalue weighted by Gasteiger charge is -2.11. The molecule has 0 radical (unpaired) electrons. The molecule has 0 unspecified atom stereocenters. The number of aromatic nitrogens is 3. The fraction of sp³-hybridized carbons (Fsp3) is 0.400. The van der Waals surface area contributed by atoms with Crippen molar-refractivity contribution in [2.45, 2.75) is 43.2 Å². The quantitative estimate of drug-likeness (QED) is 0.748. The van der Waals surface area contributed by atoms with Crippen LogP contribution in [0.15, 0.2) is 38.9 Å². The van der Waals surface area contributed by atoms with Gasteiger partial charge in [-0.15, -0.1) is 0 Å². The van der Waals surface area contributed by atoms with Crippen LogP contribution in [0.4, 0.5) is 5.82 Å². The number of anilines is 1. The summed E-state index contributed by atoms with van der Waals surface area (Å²) in [7, 11) is 0. The first-order valence-electron chi connectivity index (χ1n) is 7.01. The van der Waals surface area contributed by atoms with E-state index < -0.39 is 0 Å². The minimum atomic E-state index is 0.292. The van der Waals surface area contributed by atoms with Crippen LogP contribution >= 0.6 is 27.7 Å². The number of hydrogen-bond acceptors (Lipinski definition) is 5. The van der Waals surface area contributed by atoms with Crippen LogP contribution in [0, 0.1) is 0 Å². The highest BCUT2D eigenvalue weighted by Gasteiger charge is 2.11. The second-order valence-electron chi connectivity index (χ2n) is 4.92. The summed E-state index contributed by atoms with van der Waals surface area (Å²) in [6, 6.07) is 5.87. The standard InChI is InChI=1S/C15H19BrN4S/c1-4-7-17-12-9-13(20-14(19-12)10(2)3)21-15-11(16)6-5-8-18-15/h5-6,8-10H,4,7H2,1-3H3,(H,17,19,20). The lowest BCUT2D eigenvalue weighted by Crippen LogP contribution is -2.06. The molecule has 0 spiro atoms. The van der Waals surface area contributed by atoms with Gasteiger partial charge in [-0.25, -0.2) is 15.0 Å². The summed E-state index contributed by atoms with van der Waals surface area (Å²) in [6.07, 6.45) is 2.85. The van der Waals surface area contributed by atoms with E-state index in [2.05, 4.69) is 57.0 Å². The van der Waals surface area contributed by atoms with Crippen molar-refractivity contribution < 1.29 is 0 Å². The van der Waals surface area contributed by atoms with E-state index in [0.717, 1.165) is 39.1 Å². The van der Waals surface area contributed by atoms with Gasteiger partial charge < -0.3 is 5.32 Å². The Morgan fingerprint density at radius 1 is 1.33 bits per heavy atom. The van der Waals surface area contributed by atoms with Gasteiger partial charge in [-0.2, -0.15) is 0 Å². The predicted molar refractivity (Wildman–Crippen MR) is 91.0 cm³/mol. The minimum Gasteiger partial charge on any atom is -0.370 e. The van der Waals surface area contributed by atoms with E-state index in [-0.39, 0.29) is 0 Å². The van der Waals surface area contributed by atoms with Crippen molar-refractivity contribution in [1.29, 1.82) is 0 Å². The predicted octanol–water partition coefficient (Wildman–Crippen LogP) is 4.73. The second-order valence-corrected chi connectivity index (χ2v) is 6.79. The third kappa shape index (κ3) is 4.68. The maximum Gasteiger partial charge on any atom is 0.134 e. The number of hydrogen-bond donors (Lipinski definition) is 1. The van der Waals surface area contributed by atoms with Crippen LogP contribution in [-0.4, -0.2) is 21.5 Å². The van der Waals surface area contributed by atoms with Gasteiger partial charge in [0.1, 0.15) is 21.7 Å². The van der Waals surface area contributed by atoms with Gasteiger partial charge in [-0.05, 0) is 46.2 Å². The third-order valence-corrected chi connectivity index (χ3v) is 4.56. The lowest BCUT2D eigenvalue weighted by atomic mass is 10.2. The van der Waals surface area contributed by atoms with E-state index in [9.17, 15) is 0 Å². The summed E-state index contributed by atoms with van der Waals surface area (Å²) in [5.74, 6) is 2.02. The van der Waals surface area contributed by atoms with Crippen LogP contribution in [0.1, 0.15) is 38.9 Å². The van der Waals surface area contributed by atoms with E-state index in [4.69, 9.17) is 0 Å². The molecule has 0 saturated heterocycles. The molecule has 0 bridgehead atoms. The summed E-state index contributed by atoms with van der Waals surface area (Å²) in [4.78, 5) is 13.6. The van der Waals surface area contributed by atoms with Gasteiger partial charge in [0.2, 0.25) is 0 Å². The molecule has 0 aliphatic rings. The smallest absolute Gasteiger partial charge is 0.134 e. The normalized spacial score (nSPS) is 10.9. The number of nitrogens with zero attached hydrogens (tertiary/aromatic N) is 3. The van der Waals surface area contributed by atoms with Gasteiger partial charge in [0.25, 0.3) is 0 Å². The molecule has 2 heterocycles. The monoisotopic (exact) mass is 366 g/mol. The van der Waals surface area contributed by atoms with Gasteiger partial charge in [-0.3, -0.25) is 0 Å². The second kappa shape index (κ2) is 7.75. The molecule has 0 fully saturated rings. The Kier molecular flexibility index (Phi) is 5.99. The molecule has 1 N–H and O–H groups in total. The van der Waals surface area contributed by atoms with Crippen molar-refractivity contribution in [3.05, 3.63) is 34.7 Å². The minimum absolute atomic E-state index is 0.292. The molecule has 2 aromatic rings. The highest BCUT2D eigenvalue weighted by molar-refractivity contribution is 9.10. The van der Waals surface area contributed by atoms with E-state index in [1.165, 1.54) is 0 Å². The van der Waals surface area contributed by atoms with Crippen molar-refractivity contribution in [3.63, 3.8) is 0 Å². The van der Waals surface area contributed by atoms with Gasteiger partial charge in [0.15, 0.2) is 0 Å². The van der Waals surface area contributed by atoms with Crippen LogP contribution in [0.25, 0.3) is 0 Å². The van der Waals surface area contributed by atoms with Crippen LogP contribution in [0.2, 0.25) is 0 Å². The van der Waals surface area contributed by atoms with Crippen molar-refractivity contribution in [2.24, 2.45) is 0 Å². The SMILES string of the molecule is CCCNc1cc(Sc2ncccc2Br)nc(C(C)C)n1. The molecule has 0 aromatic carbocycles. The molecule has 112 valence electrons.